The highest BCUT2D eigenvalue weighted by atomic mass is 35.5. The van der Waals surface area contributed by atoms with E-state index in [1.54, 1.807) is 17.8 Å². The number of ether oxygens (including phenoxy) is 1. The number of para-hydroxylation sites is 4. The third kappa shape index (κ3) is 5.09. The molecule has 0 radical (unpaired) electrons. The smallest absolute Gasteiger partial charge is 0.142 e. The Hall–Kier alpha value is -2.54. The highest BCUT2D eigenvalue weighted by Crippen LogP contribution is 2.51. The molecule has 5 nitrogen and oxygen atoms in total. The molecule has 1 fully saturated rings. The van der Waals surface area contributed by atoms with E-state index < -0.39 is 0 Å². The van der Waals surface area contributed by atoms with Crippen LogP contribution >= 0.6 is 24.2 Å². The monoisotopic (exact) mass is 497 g/mol. The van der Waals surface area contributed by atoms with Crippen molar-refractivity contribution in [3.63, 3.8) is 0 Å². The fourth-order valence-corrected chi connectivity index (χ4v) is 5.89. The van der Waals surface area contributed by atoms with Crippen LogP contribution in [0.15, 0.2) is 76.5 Å². The van der Waals surface area contributed by atoms with Crippen molar-refractivity contribution in [2.24, 2.45) is 0 Å². The molecule has 0 unspecified atom stereocenters. The molecule has 5 rings (SSSR count). The first kappa shape index (κ1) is 24.6. The van der Waals surface area contributed by atoms with Gasteiger partial charge in [-0.15, -0.1) is 12.4 Å². The minimum Gasteiger partial charge on any atom is -0.506 e. The molecule has 0 aliphatic carbocycles. The summed E-state index contributed by atoms with van der Waals surface area (Å²) in [7, 11) is 0. The molecule has 1 saturated heterocycles. The normalized spacial score (nSPS) is 15.3. The van der Waals surface area contributed by atoms with Gasteiger partial charge in [0.15, 0.2) is 0 Å². The van der Waals surface area contributed by atoms with E-state index >= 15 is 0 Å². The van der Waals surface area contributed by atoms with Gasteiger partial charge in [0.2, 0.25) is 0 Å². The predicted octanol–water partition coefficient (Wildman–Crippen LogP) is 6.03. The van der Waals surface area contributed by atoms with Crippen LogP contribution in [0.5, 0.6) is 11.5 Å². The van der Waals surface area contributed by atoms with Crippen LogP contribution in [-0.4, -0.2) is 55.9 Å². The molecule has 2 aliphatic heterocycles. The summed E-state index contributed by atoms with van der Waals surface area (Å²) in [5.41, 5.74) is 3.33. The molecule has 0 spiro atoms. The van der Waals surface area contributed by atoms with E-state index in [0.29, 0.717) is 12.4 Å². The lowest BCUT2D eigenvalue weighted by atomic mass is 10.2. The van der Waals surface area contributed by atoms with Crippen molar-refractivity contribution in [3.8, 4) is 11.5 Å². The molecule has 0 atom stereocenters. The number of phenols is 1. The van der Waals surface area contributed by atoms with E-state index in [1.165, 1.54) is 16.3 Å². The van der Waals surface area contributed by atoms with Crippen molar-refractivity contribution in [3.05, 3.63) is 66.7 Å². The molecule has 3 aromatic carbocycles. The summed E-state index contributed by atoms with van der Waals surface area (Å²) in [6.07, 6.45) is 1.04. The summed E-state index contributed by atoms with van der Waals surface area (Å²) >= 11 is 1.74. The van der Waals surface area contributed by atoms with E-state index in [1.807, 2.05) is 19.1 Å². The Bertz CT molecular complexity index is 1100. The number of phenolic OH excluding ortho intramolecular Hbond substituents is 1. The Kier molecular flexibility index (Phi) is 8.14. The number of rotatable bonds is 7. The van der Waals surface area contributed by atoms with E-state index in [0.717, 1.165) is 62.0 Å². The Labute approximate surface area is 212 Å². The van der Waals surface area contributed by atoms with E-state index in [9.17, 15) is 5.11 Å². The molecule has 0 saturated carbocycles. The lowest BCUT2D eigenvalue weighted by Gasteiger charge is -2.37. The molecule has 180 valence electrons. The lowest BCUT2D eigenvalue weighted by Crippen LogP contribution is -2.47. The van der Waals surface area contributed by atoms with E-state index in [2.05, 4.69) is 63.2 Å². The number of aromatic hydroxyl groups is 1. The Morgan fingerprint density at radius 3 is 2.32 bits per heavy atom. The first-order valence-electron chi connectivity index (χ1n) is 11.8. The molecule has 7 heteroatoms. The van der Waals surface area contributed by atoms with Crippen molar-refractivity contribution in [1.82, 2.24) is 4.90 Å². The molecule has 0 amide bonds. The summed E-state index contributed by atoms with van der Waals surface area (Å²) in [6.45, 7) is 8.78. The van der Waals surface area contributed by atoms with Gasteiger partial charge in [-0.05, 0) is 56.3 Å². The predicted molar refractivity (Wildman–Crippen MR) is 144 cm³/mol. The van der Waals surface area contributed by atoms with Crippen LogP contribution in [0.3, 0.4) is 0 Å². The van der Waals surface area contributed by atoms with Gasteiger partial charge in [-0.2, -0.15) is 0 Å². The average Bonchev–Trinajstić information content (AvgIpc) is 2.85. The number of hydrogen-bond acceptors (Lipinski definition) is 6. The third-order valence-electron chi connectivity index (χ3n) is 6.36. The largest absolute Gasteiger partial charge is 0.506 e. The fraction of sp³-hybridized carbons (Fsp3) is 0.333. The van der Waals surface area contributed by atoms with Gasteiger partial charge in [0, 0.05) is 42.5 Å². The van der Waals surface area contributed by atoms with Crippen molar-refractivity contribution >= 4 is 41.2 Å². The van der Waals surface area contributed by atoms with Gasteiger partial charge in [0.25, 0.3) is 0 Å². The minimum absolute atomic E-state index is 0. The molecule has 0 aromatic heterocycles. The molecule has 0 bridgehead atoms. The first-order chi connectivity index (χ1) is 16.2. The number of fused-ring (bicyclic) bond motifs is 2. The molecule has 2 heterocycles. The third-order valence-corrected chi connectivity index (χ3v) is 7.47. The lowest BCUT2D eigenvalue weighted by molar-refractivity contribution is 0.255. The highest BCUT2D eigenvalue weighted by molar-refractivity contribution is 7.99. The fourth-order valence-electron chi connectivity index (χ4n) is 4.76. The van der Waals surface area contributed by atoms with Gasteiger partial charge in [-0.1, -0.05) is 42.1 Å². The molecule has 34 heavy (non-hydrogen) atoms. The molecular formula is C27H32ClN3O2S. The van der Waals surface area contributed by atoms with Crippen LogP contribution in [0.4, 0.5) is 17.1 Å². The first-order valence-corrected chi connectivity index (χ1v) is 12.6. The molecule has 3 aromatic rings. The molecule has 1 N–H and O–H groups in total. The second kappa shape index (κ2) is 11.3. The SMILES string of the molecule is CCOc1ccccc1N1CCN(CCCN2c3ccccc3Sc3cccc(O)c32)CC1.Cl. The maximum atomic E-state index is 10.6. The van der Waals surface area contributed by atoms with Gasteiger partial charge in [-0.3, -0.25) is 4.90 Å². The molecular weight excluding hydrogens is 466 g/mol. The Balaban J connectivity index is 0.00000274. The quantitative estimate of drug-likeness (QED) is 0.430. The maximum Gasteiger partial charge on any atom is 0.142 e. The van der Waals surface area contributed by atoms with E-state index in [4.69, 9.17) is 4.74 Å². The number of halogens is 1. The number of hydrogen-bond donors (Lipinski definition) is 1. The zero-order valence-electron chi connectivity index (χ0n) is 19.5. The van der Waals surface area contributed by atoms with Gasteiger partial charge >= 0.3 is 0 Å². The van der Waals surface area contributed by atoms with Crippen LogP contribution in [0, 0.1) is 0 Å². The summed E-state index contributed by atoms with van der Waals surface area (Å²) in [5.74, 6) is 1.34. The standard InChI is InChI=1S/C27H31N3O2S.ClH/c1-2-32-24-12-5-3-9-21(24)29-19-17-28(18-20-29)15-8-16-30-22-10-4-6-13-25(22)33-26-14-7-11-23(31)27(26)30;/h3-7,9-14,31H,2,8,15-20H2,1H3;1H. The van der Waals surface area contributed by atoms with Gasteiger partial charge in [0.05, 0.1) is 23.7 Å². The van der Waals surface area contributed by atoms with Crippen LogP contribution in [0.1, 0.15) is 13.3 Å². The van der Waals surface area contributed by atoms with Crippen molar-refractivity contribution in [2.75, 3.05) is 55.7 Å². The summed E-state index contributed by atoms with van der Waals surface area (Å²) in [5, 5.41) is 10.6. The number of anilines is 3. The summed E-state index contributed by atoms with van der Waals surface area (Å²) < 4.78 is 5.83. The minimum atomic E-state index is 0. The van der Waals surface area contributed by atoms with E-state index in [-0.39, 0.29) is 12.4 Å². The van der Waals surface area contributed by atoms with Crippen molar-refractivity contribution in [1.29, 1.82) is 0 Å². The number of nitrogens with zero attached hydrogens (tertiary/aromatic N) is 3. The van der Waals surface area contributed by atoms with Crippen LogP contribution < -0.4 is 14.5 Å². The van der Waals surface area contributed by atoms with Gasteiger partial charge < -0.3 is 19.6 Å². The number of piperazine rings is 1. The van der Waals surface area contributed by atoms with Gasteiger partial charge in [-0.25, -0.2) is 0 Å². The number of benzene rings is 3. The second-order valence-electron chi connectivity index (χ2n) is 8.43. The van der Waals surface area contributed by atoms with Crippen LogP contribution in [-0.2, 0) is 0 Å². The zero-order chi connectivity index (χ0) is 22.6. The Morgan fingerprint density at radius 1 is 0.824 bits per heavy atom. The maximum absolute atomic E-state index is 10.6. The Morgan fingerprint density at radius 2 is 1.53 bits per heavy atom. The highest BCUT2D eigenvalue weighted by Gasteiger charge is 2.26. The zero-order valence-corrected chi connectivity index (χ0v) is 21.2. The topological polar surface area (TPSA) is 39.2 Å². The van der Waals surface area contributed by atoms with Gasteiger partial charge in [0.1, 0.15) is 11.5 Å². The molecule has 2 aliphatic rings. The average molecular weight is 498 g/mol. The second-order valence-corrected chi connectivity index (χ2v) is 9.51. The van der Waals surface area contributed by atoms with Crippen molar-refractivity contribution < 1.29 is 9.84 Å². The summed E-state index contributed by atoms with van der Waals surface area (Å²) in [4.78, 5) is 9.65. The van der Waals surface area contributed by atoms with Crippen molar-refractivity contribution in [2.45, 2.75) is 23.1 Å². The summed E-state index contributed by atoms with van der Waals surface area (Å²) in [6, 6.07) is 22.7. The van der Waals surface area contributed by atoms with Crippen LogP contribution in [0.25, 0.3) is 0 Å². The van der Waals surface area contributed by atoms with Crippen LogP contribution in [0.2, 0.25) is 0 Å².